The fourth-order valence-electron chi connectivity index (χ4n) is 3.47. The van der Waals surface area contributed by atoms with E-state index in [1.54, 1.807) is 38.1 Å². The topological polar surface area (TPSA) is 96.9 Å². The van der Waals surface area contributed by atoms with E-state index in [2.05, 4.69) is 15.8 Å². The average molecular weight is 402 g/mol. The lowest BCUT2D eigenvalue weighted by Crippen LogP contribution is -2.27. The molecule has 0 radical (unpaired) electrons. The number of carbonyl (C=O) groups excluding carboxylic acids is 3. The Balaban J connectivity index is 1.92. The lowest BCUT2D eigenvalue weighted by Gasteiger charge is -2.20. The highest BCUT2D eigenvalue weighted by atomic mass is 16.5. The molecular weight excluding hydrogens is 370 g/mol. The first-order valence-electron chi connectivity index (χ1n) is 10.4. The van der Waals surface area contributed by atoms with Crippen molar-refractivity contribution in [3.05, 3.63) is 29.8 Å². The monoisotopic (exact) mass is 401 g/mol. The second-order valence-corrected chi connectivity index (χ2v) is 7.31. The van der Waals surface area contributed by atoms with Crippen LogP contribution in [0.5, 0.6) is 0 Å². The predicted octanol–water partition coefficient (Wildman–Crippen LogP) is 3.90. The van der Waals surface area contributed by atoms with Gasteiger partial charge in [0, 0.05) is 22.9 Å². The van der Waals surface area contributed by atoms with Crippen LogP contribution in [0.1, 0.15) is 69.7 Å². The van der Waals surface area contributed by atoms with Crippen molar-refractivity contribution in [1.29, 1.82) is 0 Å². The molecule has 29 heavy (non-hydrogen) atoms. The van der Waals surface area contributed by atoms with Crippen molar-refractivity contribution in [3.8, 4) is 0 Å². The molecule has 1 aliphatic rings. The standard InChI is InChI=1S/C22H31N3O4/c1-4-19(22(28)29-5-2)15(3)24-25-21(27)17-11-13-18(14-12-17)23-20(26)16-9-7-6-8-10-16/h11-14,16,19H,4-10H2,1-3H3,(H,23,26)(H,25,27). The first-order chi connectivity index (χ1) is 14.0. The summed E-state index contributed by atoms with van der Waals surface area (Å²) in [6.45, 7) is 5.61. The van der Waals surface area contributed by atoms with Gasteiger partial charge in [0.05, 0.1) is 12.5 Å². The number of nitrogens with one attached hydrogen (secondary N) is 2. The largest absolute Gasteiger partial charge is 0.465 e. The van der Waals surface area contributed by atoms with Gasteiger partial charge in [-0.15, -0.1) is 0 Å². The van der Waals surface area contributed by atoms with Gasteiger partial charge in [-0.2, -0.15) is 5.10 Å². The molecule has 2 amide bonds. The third-order valence-electron chi connectivity index (χ3n) is 5.21. The molecule has 1 aromatic carbocycles. The minimum atomic E-state index is -0.479. The number of hydrogen-bond acceptors (Lipinski definition) is 5. The zero-order valence-corrected chi connectivity index (χ0v) is 17.5. The molecule has 0 aliphatic heterocycles. The molecule has 1 aromatic rings. The Morgan fingerprint density at radius 2 is 1.76 bits per heavy atom. The molecular formula is C22H31N3O4. The number of hydrazone groups is 1. The van der Waals surface area contributed by atoms with Crippen molar-refractivity contribution in [3.63, 3.8) is 0 Å². The minimum absolute atomic E-state index is 0.0479. The maximum Gasteiger partial charge on any atom is 0.314 e. The second-order valence-electron chi connectivity index (χ2n) is 7.31. The summed E-state index contributed by atoms with van der Waals surface area (Å²) < 4.78 is 5.03. The number of rotatable bonds is 8. The molecule has 7 nitrogen and oxygen atoms in total. The highest BCUT2D eigenvalue weighted by Gasteiger charge is 2.22. The third-order valence-corrected chi connectivity index (χ3v) is 5.21. The molecule has 158 valence electrons. The van der Waals surface area contributed by atoms with E-state index in [9.17, 15) is 14.4 Å². The van der Waals surface area contributed by atoms with Crippen LogP contribution in [-0.2, 0) is 14.3 Å². The Kier molecular flexibility index (Phi) is 8.83. The summed E-state index contributed by atoms with van der Waals surface area (Å²) >= 11 is 0. The van der Waals surface area contributed by atoms with Crippen LogP contribution in [-0.4, -0.2) is 30.1 Å². The highest BCUT2D eigenvalue weighted by molar-refractivity contribution is 6.02. The highest BCUT2D eigenvalue weighted by Crippen LogP contribution is 2.25. The van der Waals surface area contributed by atoms with Crippen LogP contribution in [0.25, 0.3) is 0 Å². The Labute approximate surface area is 172 Å². The van der Waals surface area contributed by atoms with Gasteiger partial charge in [0.25, 0.3) is 5.91 Å². The first-order valence-corrected chi connectivity index (χ1v) is 10.4. The van der Waals surface area contributed by atoms with Crippen molar-refractivity contribution in [2.24, 2.45) is 16.9 Å². The maximum atomic E-state index is 12.3. The Morgan fingerprint density at radius 3 is 2.34 bits per heavy atom. The normalized spacial score (nSPS) is 16.0. The molecule has 0 heterocycles. The van der Waals surface area contributed by atoms with Crippen LogP contribution in [0.3, 0.4) is 0 Å². The van der Waals surface area contributed by atoms with E-state index in [0.29, 0.717) is 30.0 Å². The quantitative estimate of drug-likeness (QED) is 0.392. The number of benzene rings is 1. The van der Waals surface area contributed by atoms with Crippen LogP contribution in [0.4, 0.5) is 5.69 Å². The van der Waals surface area contributed by atoms with Crippen molar-refractivity contribution in [1.82, 2.24) is 5.43 Å². The zero-order chi connectivity index (χ0) is 21.2. The summed E-state index contributed by atoms with van der Waals surface area (Å²) in [6.07, 6.45) is 5.83. The smallest absolute Gasteiger partial charge is 0.314 e. The van der Waals surface area contributed by atoms with E-state index in [4.69, 9.17) is 4.74 Å². The molecule has 2 rings (SSSR count). The van der Waals surface area contributed by atoms with Crippen LogP contribution >= 0.6 is 0 Å². The van der Waals surface area contributed by atoms with Gasteiger partial charge in [0.1, 0.15) is 0 Å². The third kappa shape index (κ3) is 6.69. The van der Waals surface area contributed by atoms with Gasteiger partial charge in [0.15, 0.2) is 0 Å². The van der Waals surface area contributed by atoms with Crippen molar-refractivity contribution in [2.75, 3.05) is 11.9 Å². The maximum absolute atomic E-state index is 12.3. The minimum Gasteiger partial charge on any atom is -0.465 e. The summed E-state index contributed by atoms with van der Waals surface area (Å²) in [6, 6.07) is 6.69. The van der Waals surface area contributed by atoms with E-state index >= 15 is 0 Å². The second kappa shape index (κ2) is 11.3. The van der Waals surface area contributed by atoms with Crippen LogP contribution in [0, 0.1) is 11.8 Å². The number of nitrogens with zero attached hydrogens (tertiary/aromatic N) is 1. The predicted molar refractivity (Wildman–Crippen MR) is 113 cm³/mol. The number of ether oxygens (including phenoxy) is 1. The van der Waals surface area contributed by atoms with Crippen LogP contribution in [0.2, 0.25) is 0 Å². The fourth-order valence-corrected chi connectivity index (χ4v) is 3.47. The first kappa shape index (κ1) is 22.6. The van der Waals surface area contributed by atoms with E-state index in [1.807, 2.05) is 6.92 Å². The molecule has 0 bridgehead atoms. The lowest BCUT2D eigenvalue weighted by atomic mass is 9.88. The van der Waals surface area contributed by atoms with E-state index < -0.39 is 5.92 Å². The Morgan fingerprint density at radius 1 is 1.10 bits per heavy atom. The summed E-state index contributed by atoms with van der Waals surface area (Å²) in [5, 5.41) is 6.98. The van der Waals surface area contributed by atoms with E-state index in [0.717, 1.165) is 25.7 Å². The molecule has 0 saturated heterocycles. The number of esters is 1. The molecule has 1 saturated carbocycles. The summed E-state index contributed by atoms with van der Waals surface area (Å²) in [7, 11) is 0. The van der Waals surface area contributed by atoms with Gasteiger partial charge < -0.3 is 10.1 Å². The molecule has 1 fully saturated rings. The summed E-state index contributed by atoms with van der Waals surface area (Å²) in [5.74, 6) is -1.08. The molecule has 0 aromatic heterocycles. The van der Waals surface area contributed by atoms with Gasteiger partial charge in [-0.1, -0.05) is 26.2 Å². The number of amides is 2. The van der Waals surface area contributed by atoms with Crippen molar-refractivity contribution < 1.29 is 19.1 Å². The number of hydrogen-bond donors (Lipinski definition) is 2. The van der Waals surface area contributed by atoms with Crippen LogP contribution < -0.4 is 10.7 Å². The number of anilines is 1. The van der Waals surface area contributed by atoms with E-state index in [1.165, 1.54) is 6.42 Å². The van der Waals surface area contributed by atoms with Gasteiger partial charge in [0.2, 0.25) is 5.91 Å². The van der Waals surface area contributed by atoms with Gasteiger partial charge >= 0.3 is 5.97 Å². The van der Waals surface area contributed by atoms with Gasteiger partial charge in [-0.05, 0) is 57.4 Å². The summed E-state index contributed by atoms with van der Waals surface area (Å²) in [4.78, 5) is 36.5. The molecule has 0 spiro atoms. The van der Waals surface area contributed by atoms with Gasteiger partial charge in [-0.3, -0.25) is 14.4 Å². The lowest BCUT2D eigenvalue weighted by molar-refractivity contribution is -0.145. The fraction of sp³-hybridized carbons (Fsp3) is 0.545. The molecule has 2 N–H and O–H groups in total. The van der Waals surface area contributed by atoms with Crippen molar-refractivity contribution in [2.45, 2.75) is 59.3 Å². The van der Waals surface area contributed by atoms with Crippen LogP contribution in [0.15, 0.2) is 29.4 Å². The summed E-state index contributed by atoms with van der Waals surface area (Å²) in [5.41, 5.74) is 4.06. The van der Waals surface area contributed by atoms with Gasteiger partial charge in [-0.25, -0.2) is 5.43 Å². The molecule has 1 unspecified atom stereocenters. The van der Waals surface area contributed by atoms with Crippen molar-refractivity contribution >= 4 is 29.2 Å². The molecule has 1 atom stereocenters. The Hall–Kier alpha value is -2.70. The number of carbonyl (C=O) groups is 3. The molecule has 7 heteroatoms. The molecule has 1 aliphatic carbocycles. The zero-order valence-electron chi connectivity index (χ0n) is 17.5. The average Bonchev–Trinajstić information content (AvgIpc) is 2.74. The van der Waals surface area contributed by atoms with E-state index in [-0.39, 0.29) is 23.7 Å². The Bertz CT molecular complexity index is 737. The SMILES string of the molecule is CCOC(=O)C(CC)C(C)=NNC(=O)c1ccc(NC(=O)C2CCCCC2)cc1.